The molecule has 0 atom stereocenters. The van der Waals surface area contributed by atoms with Crippen molar-refractivity contribution in [2.45, 2.75) is 227 Å². The van der Waals surface area contributed by atoms with E-state index >= 15 is 0 Å². The zero-order chi connectivity index (χ0) is 59.8. The van der Waals surface area contributed by atoms with Gasteiger partial charge in [-0.15, -0.1) is 11.3 Å². The standard InChI is InChI=1S/C7H10S.5C6H9NS.4C5H8N2S.4CH4/c1-6(2)7-3-4-8-5-7;1-5(2)6-3-8-4-7-6;2*1-5(2)6-3-4-8-7-6;2*1-5(2)6-3-4-7-8-6;2*1-4(2)5-6-3-8-7-5;2*1-4(2)5-6-3-7-8-5;;;;/h3-6H,1-2H3;5*3-5H,1-2H3;4*3-4H,1-2H3;4*1H4. The molecule has 0 N–H and O–H groups in total. The molecule has 0 amide bonds. The normalized spacial score (nSPS) is 9.88. The molecule has 23 heteroatoms. The molecule has 84 heavy (non-hydrogen) atoms. The third-order valence-corrected chi connectivity index (χ3v) is 17.4. The Balaban J connectivity index is -0.000000421. The van der Waals surface area contributed by atoms with Crippen LogP contribution >= 0.6 is 115 Å². The van der Waals surface area contributed by atoms with E-state index in [1.165, 1.54) is 102 Å². The first kappa shape index (κ1) is 86.5. The summed E-state index contributed by atoms with van der Waals surface area (Å²) < 4.78 is 32.1. The lowest BCUT2D eigenvalue weighted by Gasteiger charge is -1.96. The van der Waals surface area contributed by atoms with Gasteiger partial charge in [0.05, 0.1) is 22.6 Å². The maximum atomic E-state index is 4.16. The summed E-state index contributed by atoms with van der Waals surface area (Å²) in [7, 11) is 0. The lowest BCUT2D eigenvalue weighted by molar-refractivity contribution is 0.799. The summed E-state index contributed by atoms with van der Waals surface area (Å²) in [4.78, 5) is 23.0. The van der Waals surface area contributed by atoms with E-state index in [0.717, 1.165) is 21.7 Å². The average Bonchev–Trinajstić information content (AvgIpc) is 4.28. The molecule has 0 spiro atoms. The van der Waals surface area contributed by atoms with Crippen LogP contribution in [0.1, 0.15) is 281 Å². The summed E-state index contributed by atoms with van der Waals surface area (Å²) in [6, 6.07) is 10.4. The molecule has 0 aliphatic rings. The highest BCUT2D eigenvalue weighted by molar-refractivity contribution is 7.08. The van der Waals surface area contributed by atoms with Gasteiger partial charge >= 0.3 is 0 Å². The first-order valence-electron chi connectivity index (χ1n) is 26.6. The van der Waals surface area contributed by atoms with Gasteiger partial charge in [-0.05, 0) is 174 Å². The molecule has 0 fully saturated rings. The van der Waals surface area contributed by atoms with Crippen molar-refractivity contribution in [3.8, 4) is 0 Å². The fraction of sp³-hybridized carbons (Fsp3) is 0.557. The molecule has 0 aromatic carbocycles. The van der Waals surface area contributed by atoms with Crippen LogP contribution in [0.15, 0.2) is 98.8 Å². The van der Waals surface area contributed by atoms with Gasteiger partial charge < -0.3 is 0 Å². The Morgan fingerprint density at radius 1 is 0.310 bits per heavy atom. The Morgan fingerprint density at radius 2 is 0.726 bits per heavy atom. The molecule has 0 bridgehead atoms. The summed E-state index contributed by atoms with van der Waals surface area (Å²) in [5.74, 6) is 7.65. The van der Waals surface area contributed by atoms with Gasteiger partial charge in [0.2, 0.25) is 0 Å². The van der Waals surface area contributed by atoms with E-state index in [4.69, 9.17) is 0 Å². The van der Waals surface area contributed by atoms with Gasteiger partial charge in [0.1, 0.15) is 45.3 Å². The number of thiazole rings is 1. The van der Waals surface area contributed by atoms with Gasteiger partial charge in [-0.25, -0.2) is 33.7 Å². The van der Waals surface area contributed by atoms with E-state index in [1.54, 1.807) is 69.4 Å². The summed E-state index contributed by atoms with van der Waals surface area (Å²) >= 11 is 15.4. The quantitative estimate of drug-likeness (QED) is 0.127. The minimum Gasteiger partial charge on any atom is -0.249 e. The molecular formula is C61H103N13S10. The first-order chi connectivity index (χ1) is 38.0. The fourth-order valence-electron chi connectivity index (χ4n) is 4.94. The van der Waals surface area contributed by atoms with Crippen LogP contribution in [0.25, 0.3) is 0 Å². The molecule has 0 radical (unpaired) electrons. The van der Waals surface area contributed by atoms with Crippen LogP contribution in [-0.4, -0.2) is 59.9 Å². The lowest BCUT2D eigenvalue weighted by atomic mass is 10.1. The number of nitrogens with zero attached hydrogens (tertiary/aromatic N) is 13. The highest BCUT2D eigenvalue weighted by Gasteiger charge is 2.04. The van der Waals surface area contributed by atoms with E-state index in [2.05, 4.69) is 245 Å². The molecule has 472 valence electrons. The van der Waals surface area contributed by atoms with Gasteiger partial charge in [0.25, 0.3) is 0 Å². The maximum Gasteiger partial charge on any atom is 0.144 e. The Bertz CT molecular complexity index is 2080. The molecule has 10 heterocycles. The van der Waals surface area contributed by atoms with Crippen LogP contribution in [0.5, 0.6) is 0 Å². The van der Waals surface area contributed by atoms with Crippen molar-refractivity contribution in [3.63, 3.8) is 0 Å². The second-order valence-corrected chi connectivity index (χ2v) is 27.7. The van der Waals surface area contributed by atoms with E-state index < -0.39 is 0 Å². The molecule has 0 saturated heterocycles. The molecule has 0 saturated carbocycles. The zero-order valence-electron chi connectivity index (χ0n) is 50.5. The molecular weight excluding hydrogens is 1240 g/mol. The SMILES string of the molecule is C.C.C.C.CC(C)c1ccns1.CC(C)c1ccns1.CC(C)c1ccsc1.CC(C)c1ccsn1.CC(C)c1ccsn1.CC(C)c1cscn1.CC(C)c1ncns1.CC(C)c1ncns1.CC(C)c1ncsn1.CC(C)c1ncsn1. The largest absolute Gasteiger partial charge is 0.249 e. The minimum absolute atomic E-state index is 0. The van der Waals surface area contributed by atoms with Crippen molar-refractivity contribution < 1.29 is 0 Å². The van der Waals surface area contributed by atoms with Crippen LogP contribution in [0.3, 0.4) is 0 Å². The number of hydrogen-bond donors (Lipinski definition) is 0. The first-order valence-corrected chi connectivity index (χ1v) is 34.9. The van der Waals surface area contributed by atoms with Crippen molar-refractivity contribution in [2.24, 2.45) is 0 Å². The predicted octanol–water partition coefficient (Wildman–Crippen LogP) is 23.4. The van der Waals surface area contributed by atoms with E-state index in [9.17, 15) is 0 Å². The van der Waals surface area contributed by atoms with Gasteiger partial charge in [-0.2, -0.15) is 37.6 Å². The van der Waals surface area contributed by atoms with Crippen molar-refractivity contribution in [2.75, 3.05) is 0 Å². The second kappa shape index (κ2) is 52.2. The van der Waals surface area contributed by atoms with Crippen molar-refractivity contribution in [1.29, 1.82) is 0 Å². The molecule has 10 aromatic rings. The summed E-state index contributed by atoms with van der Waals surface area (Å²) in [5, 5.41) is 12.7. The van der Waals surface area contributed by atoms with Gasteiger partial charge in [0.15, 0.2) is 0 Å². The Kier molecular flexibility index (Phi) is 53.8. The highest BCUT2D eigenvalue weighted by Crippen LogP contribution is 2.20. The van der Waals surface area contributed by atoms with Crippen molar-refractivity contribution in [1.82, 2.24) is 59.9 Å². The molecule has 0 aliphatic heterocycles. The third kappa shape index (κ3) is 41.2. The smallest absolute Gasteiger partial charge is 0.144 e. The van der Waals surface area contributed by atoms with Crippen molar-refractivity contribution >= 4 is 115 Å². The van der Waals surface area contributed by atoms with E-state index in [1.807, 2.05) is 28.7 Å². The Morgan fingerprint density at radius 3 is 0.869 bits per heavy atom. The lowest BCUT2D eigenvalue weighted by Crippen LogP contribution is -1.87. The fourth-order valence-corrected chi connectivity index (χ4v) is 11.1. The Labute approximate surface area is 550 Å². The van der Waals surface area contributed by atoms with E-state index in [0.29, 0.717) is 59.2 Å². The van der Waals surface area contributed by atoms with Crippen LogP contribution < -0.4 is 0 Å². The van der Waals surface area contributed by atoms with Gasteiger partial charge in [0, 0.05) is 62.0 Å². The number of rotatable bonds is 10. The summed E-state index contributed by atoms with van der Waals surface area (Å²) in [6.07, 6.45) is 6.89. The molecule has 10 aromatic heterocycles. The molecule has 10 rings (SSSR count). The molecule has 0 aliphatic carbocycles. The summed E-state index contributed by atoms with van der Waals surface area (Å²) in [5.41, 5.74) is 10.5. The van der Waals surface area contributed by atoms with Crippen LogP contribution in [-0.2, 0) is 0 Å². The minimum atomic E-state index is 0. The average molecular weight is 1340 g/mol. The predicted molar refractivity (Wildman–Crippen MR) is 382 cm³/mol. The molecule has 0 unspecified atom stereocenters. The second-order valence-electron chi connectivity index (χ2n) is 20.3. The monoisotopic (exact) mass is 1340 g/mol. The third-order valence-electron chi connectivity index (χ3n) is 9.94. The van der Waals surface area contributed by atoms with Gasteiger partial charge in [-0.3, -0.25) is 0 Å². The highest BCUT2D eigenvalue weighted by atomic mass is 32.1. The van der Waals surface area contributed by atoms with Gasteiger partial charge in [-0.1, -0.05) is 168 Å². The zero-order valence-corrected chi connectivity index (χ0v) is 58.6. The maximum absolute atomic E-state index is 4.16. The van der Waals surface area contributed by atoms with Crippen LogP contribution in [0.2, 0.25) is 0 Å². The number of thiophene rings is 1. The summed E-state index contributed by atoms with van der Waals surface area (Å²) in [6.45, 7) is 42.8. The van der Waals surface area contributed by atoms with Crippen LogP contribution in [0, 0.1) is 0 Å². The molecule has 13 nitrogen and oxygen atoms in total. The number of hydrogen-bond acceptors (Lipinski definition) is 23. The van der Waals surface area contributed by atoms with Crippen LogP contribution in [0.4, 0.5) is 0 Å². The van der Waals surface area contributed by atoms with Crippen molar-refractivity contribution in [3.05, 3.63) is 153 Å². The van der Waals surface area contributed by atoms with E-state index in [-0.39, 0.29) is 29.7 Å². The topological polar surface area (TPSA) is 168 Å². The number of aromatic nitrogens is 13. The Hall–Kier alpha value is -3.91.